The van der Waals surface area contributed by atoms with Gasteiger partial charge in [0.05, 0.1) is 12.2 Å². The molecular formula is C19H30O2. The molecule has 0 heterocycles. The summed E-state index contributed by atoms with van der Waals surface area (Å²) in [5.41, 5.74) is 2.07. The van der Waals surface area contributed by atoms with Crippen LogP contribution in [0.25, 0.3) is 0 Å². The highest BCUT2D eigenvalue weighted by atomic mass is 16.3. The van der Waals surface area contributed by atoms with Crippen LogP contribution in [0.5, 0.6) is 0 Å². The fourth-order valence-electron chi connectivity index (χ4n) is 2.48. The van der Waals surface area contributed by atoms with Crippen molar-refractivity contribution in [1.82, 2.24) is 0 Å². The number of aryl methyl sites for hydroxylation is 1. The number of aliphatic hydroxyl groups excluding tert-OH is 2. The molecular weight excluding hydrogens is 260 g/mol. The van der Waals surface area contributed by atoms with Gasteiger partial charge in [-0.1, -0.05) is 69.4 Å². The van der Waals surface area contributed by atoms with Crippen LogP contribution in [0.1, 0.15) is 69.1 Å². The summed E-state index contributed by atoms with van der Waals surface area (Å²) in [6, 6.07) is 7.91. The smallest absolute Gasteiger partial charge is 0.0969 e. The van der Waals surface area contributed by atoms with E-state index >= 15 is 0 Å². The van der Waals surface area contributed by atoms with Gasteiger partial charge in [-0.2, -0.15) is 0 Å². The predicted molar refractivity (Wildman–Crippen MR) is 89.3 cm³/mol. The molecule has 118 valence electrons. The first-order chi connectivity index (χ1) is 10.2. The highest BCUT2D eigenvalue weighted by molar-refractivity contribution is 5.26. The third-order valence-corrected chi connectivity index (χ3v) is 3.95. The summed E-state index contributed by atoms with van der Waals surface area (Å²) in [5.74, 6) is 0. The zero-order chi connectivity index (χ0) is 15.5. The molecule has 0 aliphatic rings. The molecule has 0 spiro atoms. The Balaban J connectivity index is 2.23. The van der Waals surface area contributed by atoms with Crippen molar-refractivity contribution >= 4 is 0 Å². The molecule has 0 bridgehead atoms. The molecule has 0 amide bonds. The van der Waals surface area contributed by atoms with Crippen LogP contribution in [0.3, 0.4) is 0 Å². The zero-order valence-corrected chi connectivity index (χ0v) is 13.3. The second-order valence-corrected chi connectivity index (χ2v) is 5.82. The molecule has 2 nitrogen and oxygen atoms in total. The molecule has 2 atom stereocenters. The van der Waals surface area contributed by atoms with E-state index in [2.05, 4.69) is 13.5 Å². The molecule has 0 saturated carbocycles. The highest BCUT2D eigenvalue weighted by Gasteiger charge is 2.06. The maximum atomic E-state index is 9.99. The second-order valence-electron chi connectivity index (χ2n) is 5.82. The van der Waals surface area contributed by atoms with Crippen LogP contribution in [0.2, 0.25) is 0 Å². The van der Waals surface area contributed by atoms with Crippen LogP contribution in [-0.2, 0) is 6.42 Å². The number of benzene rings is 1. The van der Waals surface area contributed by atoms with Gasteiger partial charge in [0.15, 0.2) is 0 Å². The Morgan fingerprint density at radius 2 is 1.67 bits per heavy atom. The van der Waals surface area contributed by atoms with Gasteiger partial charge < -0.3 is 10.2 Å². The average Bonchev–Trinajstić information content (AvgIpc) is 2.52. The summed E-state index contributed by atoms with van der Waals surface area (Å²) >= 11 is 0. The monoisotopic (exact) mass is 290 g/mol. The van der Waals surface area contributed by atoms with Gasteiger partial charge in [-0.05, 0) is 30.4 Å². The van der Waals surface area contributed by atoms with Crippen molar-refractivity contribution in [3.8, 4) is 0 Å². The van der Waals surface area contributed by atoms with E-state index in [0.717, 1.165) is 31.2 Å². The average molecular weight is 290 g/mol. The van der Waals surface area contributed by atoms with Gasteiger partial charge in [0.25, 0.3) is 0 Å². The quantitative estimate of drug-likeness (QED) is 0.463. The third-order valence-electron chi connectivity index (χ3n) is 3.95. The first-order valence-corrected chi connectivity index (χ1v) is 8.25. The van der Waals surface area contributed by atoms with Gasteiger partial charge in [0.2, 0.25) is 0 Å². The highest BCUT2D eigenvalue weighted by Crippen LogP contribution is 2.16. The second kappa shape index (κ2) is 10.6. The summed E-state index contributed by atoms with van der Waals surface area (Å²) in [5, 5.41) is 19.6. The first-order valence-electron chi connectivity index (χ1n) is 8.25. The summed E-state index contributed by atoms with van der Waals surface area (Å²) in [6.07, 6.45) is 9.59. The molecule has 0 radical (unpaired) electrons. The van der Waals surface area contributed by atoms with Gasteiger partial charge >= 0.3 is 0 Å². The first kappa shape index (κ1) is 17.9. The van der Waals surface area contributed by atoms with Crippen LogP contribution >= 0.6 is 0 Å². The Morgan fingerprint density at radius 3 is 2.29 bits per heavy atom. The van der Waals surface area contributed by atoms with Crippen LogP contribution in [0.15, 0.2) is 36.9 Å². The number of rotatable bonds is 11. The van der Waals surface area contributed by atoms with Gasteiger partial charge in [-0.25, -0.2) is 0 Å². The summed E-state index contributed by atoms with van der Waals surface area (Å²) in [7, 11) is 0. The van der Waals surface area contributed by atoms with E-state index in [0.29, 0.717) is 0 Å². The lowest BCUT2D eigenvalue weighted by Crippen LogP contribution is -2.07. The fourth-order valence-corrected chi connectivity index (χ4v) is 2.48. The minimum Gasteiger partial charge on any atom is -0.393 e. The van der Waals surface area contributed by atoms with Crippen LogP contribution in [0.4, 0.5) is 0 Å². The Morgan fingerprint density at radius 1 is 1.00 bits per heavy atom. The molecule has 2 heteroatoms. The molecule has 0 aromatic heterocycles. The molecule has 1 aromatic carbocycles. The Hall–Kier alpha value is -1.12. The molecule has 21 heavy (non-hydrogen) atoms. The standard InChI is InChI=1S/C19H30O2/c1-3-5-6-7-8-9-18(20)15-12-16-10-13-17(14-11-16)19(21)4-2/h4,10-11,13-14,18-21H,2-3,5-9,12,15H2,1H3/t18-,19?/m1/s1. The maximum Gasteiger partial charge on any atom is 0.0969 e. The lowest BCUT2D eigenvalue weighted by Gasteiger charge is -2.11. The van der Waals surface area contributed by atoms with E-state index in [1.165, 1.54) is 37.3 Å². The van der Waals surface area contributed by atoms with E-state index in [1.54, 1.807) is 0 Å². The Labute approximate surface area is 129 Å². The summed E-state index contributed by atoms with van der Waals surface area (Å²) < 4.78 is 0. The summed E-state index contributed by atoms with van der Waals surface area (Å²) in [4.78, 5) is 0. The minimum atomic E-state index is -0.590. The number of unbranched alkanes of at least 4 members (excludes halogenated alkanes) is 4. The molecule has 0 aliphatic carbocycles. The molecule has 0 saturated heterocycles. The molecule has 0 fully saturated rings. The Bertz CT molecular complexity index is 383. The van der Waals surface area contributed by atoms with Crippen molar-refractivity contribution in [3.05, 3.63) is 48.0 Å². The van der Waals surface area contributed by atoms with Crippen molar-refractivity contribution in [1.29, 1.82) is 0 Å². The van der Waals surface area contributed by atoms with Crippen LogP contribution in [-0.4, -0.2) is 16.3 Å². The SMILES string of the molecule is C=CC(O)c1ccc(CC[C@H](O)CCCCCCC)cc1. The van der Waals surface area contributed by atoms with E-state index in [9.17, 15) is 10.2 Å². The van der Waals surface area contributed by atoms with Gasteiger partial charge in [-0.15, -0.1) is 6.58 Å². The van der Waals surface area contributed by atoms with Crippen molar-refractivity contribution in [2.45, 2.75) is 70.5 Å². The number of hydrogen-bond acceptors (Lipinski definition) is 2. The van der Waals surface area contributed by atoms with Crippen molar-refractivity contribution in [2.75, 3.05) is 0 Å². The lowest BCUT2D eigenvalue weighted by atomic mass is 10.0. The largest absolute Gasteiger partial charge is 0.393 e. The molecule has 0 aliphatic heterocycles. The van der Waals surface area contributed by atoms with Crippen LogP contribution in [0, 0.1) is 0 Å². The van der Waals surface area contributed by atoms with Gasteiger partial charge in [0.1, 0.15) is 0 Å². The van der Waals surface area contributed by atoms with Crippen LogP contribution < -0.4 is 0 Å². The van der Waals surface area contributed by atoms with Crippen molar-refractivity contribution < 1.29 is 10.2 Å². The predicted octanol–water partition coefficient (Wildman–Crippen LogP) is 4.56. The number of aliphatic hydroxyl groups is 2. The molecule has 1 rings (SSSR count). The van der Waals surface area contributed by atoms with E-state index < -0.39 is 6.10 Å². The number of hydrogen-bond donors (Lipinski definition) is 2. The summed E-state index contributed by atoms with van der Waals surface area (Å²) in [6.45, 7) is 5.80. The topological polar surface area (TPSA) is 40.5 Å². The van der Waals surface area contributed by atoms with Gasteiger partial charge in [-0.3, -0.25) is 0 Å². The molecule has 1 unspecified atom stereocenters. The molecule has 2 N–H and O–H groups in total. The van der Waals surface area contributed by atoms with E-state index in [4.69, 9.17) is 0 Å². The lowest BCUT2D eigenvalue weighted by molar-refractivity contribution is 0.151. The van der Waals surface area contributed by atoms with Crippen molar-refractivity contribution in [2.24, 2.45) is 0 Å². The van der Waals surface area contributed by atoms with Crippen molar-refractivity contribution in [3.63, 3.8) is 0 Å². The minimum absolute atomic E-state index is 0.190. The fraction of sp³-hybridized carbons (Fsp3) is 0.579. The van der Waals surface area contributed by atoms with Gasteiger partial charge in [0, 0.05) is 0 Å². The van der Waals surface area contributed by atoms with E-state index in [-0.39, 0.29) is 6.10 Å². The molecule has 1 aromatic rings. The third kappa shape index (κ3) is 7.45. The Kier molecular flexibility index (Phi) is 9.04. The normalized spacial score (nSPS) is 13.9. The maximum absolute atomic E-state index is 9.99. The van der Waals surface area contributed by atoms with E-state index in [1.807, 2.05) is 24.3 Å². The zero-order valence-electron chi connectivity index (χ0n) is 13.3.